The number of benzene rings is 2. The molecule has 0 aliphatic rings. The molecule has 0 spiro atoms. The van der Waals surface area contributed by atoms with E-state index >= 15 is 0 Å². The summed E-state index contributed by atoms with van der Waals surface area (Å²) >= 11 is 0. The molecule has 0 saturated heterocycles. The molecule has 0 N–H and O–H groups in total. The van der Waals surface area contributed by atoms with Gasteiger partial charge in [0.25, 0.3) is 0 Å². The second kappa shape index (κ2) is 15.4. The van der Waals surface area contributed by atoms with E-state index in [1.807, 2.05) is 98.1 Å². The van der Waals surface area contributed by atoms with Gasteiger partial charge in [-0.15, -0.1) is 6.58 Å². The van der Waals surface area contributed by atoms with E-state index < -0.39 is 11.0 Å². The summed E-state index contributed by atoms with van der Waals surface area (Å²) in [4.78, 5) is 17.7. The van der Waals surface area contributed by atoms with Gasteiger partial charge in [0.05, 0.1) is 15.8 Å². The van der Waals surface area contributed by atoms with E-state index in [4.69, 9.17) is 0 Å². The largest absolute Gasteiger partial charge is 0.295 e. The van der Waals surface area contributed by atoms with Gasteiger partial charge in [0.1, 0.15) is 5.82 Å². The van der Waals surface area contributed by atoms with Crippen LogP contribution in [0.15, 0.2) is 113 Å². The summed E-state index contributed by atoms with van der Waals surface area (Å²) in [5, 5.41) is 0.525. The third-order valence-corrected chi connectivity index (χ3v) is 6.61. The summed E-state index contributed by atoms with van der Waals surface area (Å²) in [6, 6.07) is 22.3. The molecular formula is C31H37N3O2S. The molecule has 6 heteroatoms. The van der Waals surface area contributed by atoms with Crippen molar-refractivity contribution in [3.8, 4) is 5.69 Å². The molecule has 2 aromatic carbocycles. The van der Waals surface area contributed by atoms with Crippen molar-refractivity contribution in [1.29, 1.82) is 0 Å². The van der Waals surface area contributed by atoms with E-state index in [0.29, 0.717) is 16.1 Å². The zero-order chi connectivity index (χ0) is 27.2. The predicted octanol–water partition coefficient (Wildman–Crippen LogP) is 7.41. The number of rotatable bonds is 7. The van der Waals surface area contributed by atoms with E-state index in [9.17, 15) is 9.00 Å². The highest BCUT2D eigenvalue weighted by Gasteiger charge is 2.19. The van der Waals surface area contributed by atoms with Crippen molar-refractivity contribution in [2.24, 2.45) is 0 Å². The average Bonchev–Trinajstić information content (AvgIpc) is 2.94. The number of aromatic nitrogens is 2. The molecule has 0 saturated carbocycles. The van der Waals surface area contributed by atoms with Gasteiger partial charge in [0.2, 0.25) is 0 Å². The third-order valence-electron chi connectivity index (χ3n) is 5.25. The Morgan fingerprint density at radius 3 is 2.22 bits per heavy atom. The molecule has 5 nitrogen and oxygen atoms in total. The van der Waals surface area contributed by atoms with E-state index in [-0.39, 0.29) is 5.43 Å². The summed E-state index contributed by atoms with van der Waals surface area (Å²) in [6.07, 6.45) is 9.90. The van der Waals surface area contributed by atoms with Crippen LogP contribution in [0.25, 0.3) is 16.6 Å². The monoisotopic (exact) mass is 515 g/mol. The lowest BCUT2D eigenvalue weighted by Gasteiger charge is -2.24. The van der Waals surface area contributed by atoms with Crippen LogP contribution in [0.4, 0.5) is 5.82 Å². The summed E-state index contributed by atoms with van der Waals surface area (Å²) in [6.45, 7) is 11.6. The first-order valence-corrected chi connectivity index (χ1v) is 13.6. The fraction of sp³-hybridized carbons (Fsp3) is 0.226. The lowest BCUT2D eigenvalue weighted by Crippen LogP contribution is -2.26. The fourth-order valence-corrected chi connectivity index (χ4v) is 4.53. The number of fused-ring (bicyclic) bond motifs is 1. The third kappa shape index (κ3) is 7.86. The van der Waals surface area contributed by atoms with Crippen molar-refractivity contribution in [3.05, 3.63) is 120 Å². The highest BCUT2D eigenvalue weighted by molar-refractivity contribution is 7.86. The van der Waals surface area contributed by atoms with Crippen LogP contribution < -0.4 is 9.73 Å². The normalized spacial score (nSPS) is 11.2. The Morgan fingerprint density at radius 1 is 1.00 bits per heavy atom. The van der Waals surface area contributed by atoms with Crippen molar-refractivity contribution in [3.63, 3.8) is 0 Å². The van der Waals surface area contributed by atoms with Gasteiger partial charge < -0.3 is 0 Å². The van der Waals surface area contributed by atoms with Crippen LogP contribution in [0, 0.1) is 6.92 Å². The smallest absolute Gasteiger partial charge is 0.193 e. The number of nitrogens with zero attached hydrogens (tertiary/aromatic N) is 3. The topological polar surface area (TPSA) is 55.2 Å². The van der Waals surface area contributed by atoms with Gasteiger partial charge in [-0.05, 0) is 50.1 Å². The Morgan fingerprint density at radius 2 is 1.62 bits per heavy atom. The standard InChI is InChI=1S/C22H19N3O2S.C7H12.C2H6/c1-16-13-20-19(15-23-16)21(26)14-22(25(20)17-9-5-3-6-10-17)24(2)28(27)18-11-7-4-8-12-18;1-3-5-7-6-4-2;1-2/h3-15H,1-2H3;3,6-7H,1,4-5H2,2H3;1-2H3/b;7-6-;. The Hall–Kier alpha value is -3.77. The number of pyridine rings is 2. The number of allylic oxidation sites excluding steroid dienone is 3. The van der Waals surface area contributed by atoms with Crippen molar-refractivity contribution in [2.45, 2.75) is 45.4 Å². The zero-order valence-electron chi connectivity index (χ0n) is 22.4. The highest BCUT2D eigenvalue weighted by atomic mass is 32.2. The Bertz CT molecular complexity index is 1380. The molecule has 1 unspecified atom stereocenters. The number of anilines is 1. The molecule has 0 bridgehead atoms. The van der Waals surface area contributed by atoms with Crippen LogP contribution in [0.2, 0.25) is 0 Å². The van der Waals surface area contributed by atoms with E-state index in [2.05, 4.69) is 30.6 Å². The van der Waals surface area contributed by atoms with Crippen LogP contribution in [0.1, 0.15) is 39.3 Å². The molecule has 2 heterocycles. The van der Waals surface area contributed by atoms with E-state index in [1.165, 1.54) is 6.07 Å². The number of aryl methyl sites for hydroxylation is 1. The molecule has 4 rings (SSSR count). The van der Waals surface area contributed by atoms with Crippen LogP contribution in [0.3, 0.4) is 0 Å². The molecule has 0 amide bonds. The maximum atomic E-state index is 13.2. The molecule has 2 aromatic heterocycles. The van der Waals surface area contributed by atoms with Crippen LogP contribution in [-0.2, 0) is 11.0 Å². The SMILES string of the molecule is C=CC/C=C\CC.CC.Cc1cc2c(cn1)c(=O)cc(N(C)S(=O)c1ccccc1)n2-c1ccccc1. The van der Waals surface area contributed by atoms with Crippen molar-refractivity contribution in [2.75, 3.05) is 11.4 Å². The minimum absolute atomic E-state index is 0.151. The van der Waals surface area contributed by atoms with Gasteiger partial charge in [-0.1, -0.05) is 75.4 Å². The Balaban J connectivity index is 0.000000465. The minimum atomic E-state index is -1.46. The molecule has 0 radical (unpaired) electrons. The first-order chi connectivity index (χ1) is 18.0. The minimum Gasteiger partial charge on any atom is -0.295 e. The second-order valence-corrected chi connectivity index (χ2v) is 9.36. The molecule has 1 atom stereocenters. The molecular weight excluding hydrogens is 478 g/mol. The second-order valence-electron chi connectivity index (χ2n) is 7.84. The molecule has 4 aromatic rings. The molecule has 0 aliphatic heterocycles. The van der Waals surface area contributed by atoms with Gasteiger partial charge in [-0.25, -0.2) is 4.21 Å². The fourth-order valence-electron chi connectivity index (χ4n) is 3.52. The summed E-state index contributed by atoms with van der Waals surface area (Å²) < 4.78 is 16.7. The predicted molar refractivity (Wildman–Crippen MR) is 159 cm³/mol. The zero-order valence-corrected chi connectivity index (χ0v) is 23.2. The lowest BCUT2D eigenvalue weighted by molar-refractivity contribution is 0.681. The van der Waals surface area contributed by atoms with Crippen molar-refractivity contribution >= 4 is 27.7 Å². The van der Waals surface area contributed by atoms with Crippen LogP contribution in [0.5, 0.6) is 0 Å². The van der Waals surface area contributed by atoms with Gasteiger partial charge in [-0.2, -0.15) is 0 Å². The molecule has 0 aliphatic carbocycles. The van der Waals surface area contributed by atoms with Crippen LogP contribution in [-0.4, -0.2) is 20.8 Å². The Kier molecular flexibility index (Phi) is 12.2. The Labute approximate surface area is 223 Å². The number of para-hydroxylation sites is 1. The molecule has 37 heavy (non-hydrogen) atoms. The number of hydrogen-bond acceptors (Lipinski definition) is 3. The average molecular weight is 516 g/mol. The lowest BCUT2D eigenvalue weighted by atomic mass is 10.2. The summed E-state index contributed by atoms with van der Waals surface area (Å²) in [7, 11) is 0.272. The van der Waals surface area contributed by atoms with Crippen molar-refractivity contribution < 1.29 is 4.21 Å². The first kappa shape index (κ1) is 29.5. The van der Waals surface area contributed by atoms with E-state index in [0.717, 1.165) is 29.7 Å². The molecule has 194 valence electrons. The summed E-state index contributed by atoms with van der Waals surface area (Å²) in [5.41, 5.74) is 2.27. The van der Waals surface area contributed by atoms with Crippen LogP contribution >= 0.6 is 0 Å². The summed E-state index contributed by atoms with van der Waals surface area (Å²) in [5.74, 6) is 0.552. The van der Waals surface area contributed by atoms with Gasteiger partial charge in [-0.3, -0.25) is 18.7 Å². The quantitative estimate of drug-likeness (QED) is 0.241. The van der Waals surface area contributed by atoms with Gasteiger partial charge >= 0.3 is 0 Å². The first-order valence-electron chi connectivity index (χ1n) is 12.5. The maximum absolute atomic E-state index is 13.2. The number of hydrogen-bond donors (Lipinski definition) is 0. The van der Waals surface area contributed by atoms with E-state index in [1.54, 1.807) is 17.5 Å². The molecule has 0 fully saturated rings. The van der Waals surface area contributed by atoms with Gasteiger partial charge in [0.15, 0.2) is 16.4 Å². The van der Waals surface area contributed by atoms with Crippen molar-refractivity contribution in [1.82, 2.24) is 9.55 Å². The van der Waals surface area contributed by atoms with Gasteiger partial charge in [0, 0.05) is 30.7 Å². The maximum Gasteiger partial charge on any atom is 0.193 e. The highest BCUT2D eigenvalue weighted by Crippen LogP contribution is 2.26.